The molecule has 24 heavy (non-hydrogen) atoms. The second-order valence-corrected chi connectivity index (χ2v) is 7.28. The summed E-state index contributed by atoms with van der Waals surface area (Å²) in [6.07, 6.45) is 7.70. The average Bonchev–Trinajstić information content (AvgIpc) is 2.66. The molecule has 0 amide bonds. The number of likely N-dealkylation sites (tertiary alicyclic amines) is 1. The Morgan fingerprint density at radius 1 is 1.08 bits per heavy atom. The van der Waals surface area contributed by atoms with Crippen LogP contribution in [0.15, 0.2) is 59.8 Å². The molecule has 2 aromatic rings. The molecule has 4 heteroatoms. The van der Waals surface area contributed by atoms with Crippen LogP contribution in [0.2, 0.25) is 0 Å². The fourth-order valence-corrected chi connectivity index (χ4v) is 4.01. The monoisotopic (exact) mass is 342 g/mol. The lowest BCUT2D eigenvalue weighted by Gasteiger charge is -2.35. The van der Waals surface area contributed by atoms with E-state index in [0.29, 0.717) is 6.04 Å². The molecular formula is C20H26N2OS. The van der Waals surface area contributed by atoms with Crippen LogP contribution in [0, 0.1) is 0 Å². The molecule has 1 fully saturated rings. The highest BCUT2D eigenvalue weighted by Crippen LogP contribution is 2.29. The summed E-state index contributed by atoms with van der Waals surface area (Å²) >= 11 is 1.86. The van der Waals surface area contributed by atoms with Crippen LogP contribution in [0.3, 0.4) is 0 Å². The van der Waals surface area contributed by atoms with Gasteiger partial charge in [0, 0.05) is 35.6 Å². The van der Waals surface area contributed by atoms with Crippen LogP contribution in [0.5, 0.6) is 0 Å². The van der Waals surface area contributed by atoms with Gasteiger partial charge >= 0.3 is 0 Å². The van der Waals surface area contributed by atoms with Crippen molar-refractivity contribution in [3.8, 4) is 0 Å². The maximum Gasteiger partial charge on any atom is 0.0594 e. The minimum absolute atomic E-state index is 0.509. The number of rotatable bonds is 8. The molecule has 1 unspecified atom stereocenters. The molecule has 0 saturated carbocycles. The molecule has 1 aliphatic heterocycles. The molecule has 1 atom stereocenters. The van der Waals surface area contributed by atoms with Gasteiger partial charge in [-0.05, 0) is 43.1 Å². The minimum atomic E-state index is 0.509. The first kappa shape index (κ1) is 17.5. The van der Waals surface area contributed by atoms with Gasteiger partial charge in [0.25, 0.3) is 0 Å². The summed E-state index contributed by atoms with van der Waals surface area (Å²) in [5, 5.41) is 0. The molecule has 3 rings (SSSR count). The lowest BCUT2D eigenvalue weighted by molar-refractivity contribution is 0.0782. The fraction of sp³-hybridized carbons (Fsp3) is 0.450. The molecule has 0 bridgehead atoms. The van der Waals surface area contributed by atoms with E-state index in [4.69, 9.17) is 4.74 Å². The van der Waals surface area contributed by atoms with E-state index in [1.54, 1.807) is 0 Å². The Morgan fingerprint density at radius 2 is 2.00 bits per heavy atom. The normalized spacial score (nSPS) is 18.6. The van der Waals surface area contributed by atoms with Gasteiger partial charge in [0.1, 0.15) is 0 Å². The molecule has 1 aromatic heterocycles. The van der Waals surface area contributed by atoms with Crippen molar-refractivity contribution in [3.63, 3.8) is 0 Å². The van der Waals surface area contributed by atoms with Crippen molar-refractivity contribution in [2.75, 3.05) is 32.1 Å². The highest BCUT2D eigenvalue weighted by molar-refractivity contribution is 7.99. The van der Waals surface area contributed by atoms with Gasteiger partial charge < -0.3 is 4.74 Å². The van der Waals surface area contributed by atoms with Gasteiger partial charge in [0.15, 0.2) is 0 Å². The quantitative estimate of drug-likeness (QED) is 0.524. The van der Waals surface area contributed by atoms with Crippen LogP contribution in [-0.4, -0.2) is 41.9 Å². The number of pyridine rings is 1. The van der Waals surface area contributed by atoms with Crippen molar-refractivity contribution >= 4 is 11.8 Å². The van der Waals surface area contributed by atoms with Crippen LogP contribution in [0.25, 0.3) is 0 Å². The second kappa shape index (κ2) is 9.82. The molecule has 128 valence electrons. The van der Waals surface area contributed by atoms with Crippen molar-refractivity contribution in [1.29, 1.82) is 0 Å². The molecule has 0 radical (unpaired) electrons. The molecule has 1 saturated heterocycles. The van der Waals surface area contributed by atoms with E-state index in [1.807, 2.05) is 30.2 Å². The molecule has 0 aliphatic carbocycles. The maximum atomic E-state index is 5.86. The van der Waals surface area contributed by atoms with Crippen LogP contribution in [-0.2, 0) is 4.74 Å². The summed E-state index contributed by atoms with van der Waals surface area (Å²) in [6, 6.07) is 15.3. The summed E-state index contributed by atoms with van der Waals surface area (Å²) in [6.45, 7) is 3.80. The smallest absolute Gasteiger partial charge is 0.0594 e. The van der Waals surface area contributed by atoms with Gasteiger partial charge in [-0.25, -0.2) is 0 Å². The van der Waals surface area contributed by atoms with E-state index in [0.717, 1.165) is 25.5 Å². The van der Waals surface area contributed by atoms with Crippen molar-refractivity contribution in [1.82, 2.24) is 9.88 Å². The lowest BCUT2D eigenvalue weighted by atomic mass is 9.96. The SMILES string of the molecule is c1ccc(SCCOCCN2CCCCC2c2cccnc2)cc1. The molecule has 2 heterocycles. The van der Waals surface area contributed by atoms with Crippen molar-refractivity contribution in [2.24, 2.45) is 0 Å². The van der Waals surface area contributed by atoms with E-state index in [-0.39, 0.29) is 0 Å². The lowest BCUT2D eigenvalue weighted by Crippen LogP contribution is -2.36. The molecular weight excluding hydrogens is 316 g/mol. The van der Waals surface area contributed by atoms with Crippen LogP contribution >= 0.6 is 11.8 Å². The van der Waals surface area contributed by atoms with E-state index >= 15 is 0 Å². The standard InChI is InChI=1S/C20H26N2OS/c1-2-8-19(9-3-1)24-16-15-23-14-13-22-12-5-4-10-20(22)18-7-6-11-21-17-18/h1-3,6-9,11,17,20H,4-5,10,12-16H2. The molecule has 3 nitrogen and oxygen atoms in total. The van der Waals surface area contributed by atoms with Gasteiger partial charge in [-0.3, -0.25) is 9.88 Å². The Kier molecular flexibility index (Phi) is 7.14. The number of benzene rings is 1. The first-order chi connectivity index (χ1) is 11.9. The van der Waals surface area contributed by atoms with Crippen LogP contribution in [0.4, 0.5) is 0 Å². The number of hydrogen-bond acceptors (Lipinski definition) is 4. The van der Waals surface area contributed by atoms with E-state index < -0.39 is 0 Å². The number of thioether (sulfide) groups is 1. The van der Waals surface area contributed by atoms with Gasteiger partial charge in [0.2, 0.25) is 0 Å². The Morgan fingerprint density at radius 3 is 2.83 bits per heavy atom. The summed E-state index contributed by atoms with van der Waals surface area (Å²) in [5.74, 6) is 1.01. The summed E-state index contributed by atoms with van der Waals surface area (Å²) in [7, 11) is 0. The highest BCUT2D eigenvalue weighted by atomic mass is 32.2. The molecule has 1 aromatic carbocycles. The van der Waals surface area contributed by atoms with Gasteiger partial charge in [-0.1, -0.05) is 30.7 Å². The third kappa shape index (κ3) is 5.33. The first-order valence-corrected chi connectivity index (χ1v) is 9.81. The van der Waals surface area contributed by atoms with E-state index in [2.05, 4.69) is 46.3 Å². The number of ether oxygens (including phenoxy) is 1. The zero-order valence-corrected chi connectivity index (χ0v) is 15.0. The largest absolute Gasteiger partial charge is 0.379 e. The van der Waals surface area contributed by atoms with Crippen molar-refractivity contribution in [2.45, 2.75) is 30.2 Å². The van der Waals surface area contributed by atoms with Crippen molar-refractivity contribution < 1.29 is 4.74 Å². The van der Waals surface area contributed by atoms with E-state index in [1.165, 1.54) is 36.3 Å². The number of aromatic nitrogens is 1. The molecule has 0 N–H and O–H groups in total. The predicted octanol–water partition coefficient (Wildman–Crippen LogP) is 4.42. The third-order valence-corrected chi connectivity index (χ3v) is 5.42. The topological polar surface area (TPSA) is 25.4 Å². The van der Waals surface area contributed by atoms with Crippen LogP contribution < -0.4 is 0 Å². The molecule has 1 aliphatic rings. The Hall–Kier alpha value is -1.36. The number of piperidine rings is 1. The fourth-order valence-electron chi connectivity index (χ4n) is 3.23. The maximum absolute atomic E-state index is 5.86. The van der Waals surface area contributed by atoms with Gasteiger partial charge in [-0.2, -0.15) is 0 Å². The number of hydrogen-bond donors (Lipinski definition) is 0. The summed E-state index contributed by atoms with van der Waals surface area (Å²) < 4.78 is 5.86. The third-order valence-electron chi connectivity index (χ3n) is 4.45. The summed E-state index contributed by atoms with van der Waals surface area (Å²) in [4.78, 5) is 8.16. The van der Waals surface area contributed by atoms with Gasteiger partial charge in [-0.15, -0.1) is 11.8 Å². The van der Waals surface area contributed by atoms with Crippen LogP contribution in [0.1, 0.15) is 30.9 Å². The predicted molar refractivity (Wildman–Crippen MR) is 100 cm³/mol. The minimum Gasteiger partial charge on any atom is -0.379 e. The first-order valence-electron chi connectivity index (χ1n) is 8.83. The van der Waals surface area contributed by atoms with Crippen molar-refractivity contribution in [3.05, 3.63) is 60.4 Å². The highest BCUT2D eigenvalue weighted by Gasteiger charge is 2.23. The summed E-state index contributed by atoms with van der Waals surface area (Å²) in [5.41, 5.74) is 1.34. The number of nitrogens with zero attached hydrogens (tertiary/aromatic N) is 2. The molecule has 0 spiro atoms. The second-order valence-electron chi connectivity index (χ2n) is 6.11. The van der Waals surface area contributed by atoms with Gasteiger partial charge in [0.05, 0.1) is 13.2 Å². The average molecular weight is 343 g/mol. The Bertz CT molecular complexity index is 579. The Balaban J connectivity index is 1.37. The zero-order valence-electron chi connectivity index (χ0n) is 14.1. The Labute approximate surface area is 149 Å². The zero-order chi connectivity index (χ0) is 16.5. The van der Waals surface area contributed by atoms with E-state index in [9.17, 15) is 0 Å².